The number of benzene rings is 1. The van der Waals surface area contributed by atoms with Crippen molar-refractivity contribution in [2.24, 2.45) is 5.92 Å². The highest BCUT2D eigenvalue weighted by Gasteiger charge is 2.26. The lowest BCUT2D eigenvalue weighted by Gasteiger charge is -2.18. The Morgan fingerprint density at radius 2 is 2.00 bits per heavy atom. The first kappa shape index (κ1) is 10.2. The second-order valence-corrected chi connectivity index (χ2v) is 4.44. The fourth-order valence-corrected chi connectivity index (χ4v) is 2.77. The maximum atomic E-state index is 8.74. The number of hydrogen-bond acceptors (Lipinski definition) is 1. The van der Waals surface area contributed by atoms with Gasteiger partial charge >= 0.3 is 0 Å². The molecule has 2 unspecified atom stereocenters. The van der Waals surface area contributed by atoms with E-state index in [0.717, 1.165) is 17.4 Å². The van der Waals surface area contributed by atoms with Gasteiger partial charge < -0.3 is 0 Å². The summed E-state index contributed by atoms with van der Waals surface area (Å²) in [4.78, 5) is 0. The van der Waals surface area contributed by atoms with E-state index in [1.165, 1.54) is 31.2 Å². The van der Waals surface area contributed by atoms with E-state index >= 15 is 0 Å². The lowest BCUT2D eigenvalue weighted by Crippen LogP contribution is -2.04. The molecule has 0 saturated heterocycles. The molecule has 15 heavy (non-hydrogen) atoms. The van der Waals surface area contributed by atoms with E-state index in [1.807, 2.05) is 12.1 Å². The van der Waals surface area contributed by atoms with Crippen LogP contribution in [0.4, 0.5) is 0 Å². The Morgan fingerprint density at radius 1 is 1.27 bits per heavy atom. The topological polar surface area (TPSA) is 23.8 Å². The molecule has 1 nitrogen and oxygen atoms in total. The molecule has 1 aliphatic rings. The number of nitriles is 1. The van der Waals surface area contributed by atoms with Crippen LogP contribution in [0.2, 0.25) is 0 Å². The molecule has 0 amide bonds. The first-order chi connectivity index (χ1) is 7.35. The minimum absolute atomic E-state index is 0.739. The zero-order valence-electron chi connectivity index (χ0n) is 9.24. The van der Waals surface area contributed by atoms with Crippen LogP contribution in [-0.2, 0) is 0 Å². The molecule has 0 aromatic heterocycles. The maximum absolute atomic E-state index is 8.74. The Hall–Kier alpha value is -1.29. The molecule has 0 spiro atoms. The van der Waals surface area contributed by atoms with Crippen LogP contribution < -0.4 is 0 Å². The van der Waals surface area contributed by atoms with Gasteiger partial charge in [0.15, 0.2) is 0 Å². The summed E-state index contributed by atoms with van der Waals surface area (Å²) in [6.07, 6.45) is 5.35. The van der Waals surface area contributed by atoms with Gasteiger partial charge in [0.1, 0.15) is 0 Å². The van der Waals surface area contributed by atoms with E-state index in [4.69, 9.17) is 5.26 Å². The number of rotatable bonds is 2. The number of nitrogens with zero attached hydrogens (tertiary/aromatic N) is 1. The SMILES string of the molecule is CCC1CCCC1c1ccc(C#N)cc1. The Bertz CT molecular complexity index is 358. The Kier molecular flexibility index (Phi) is 3.06. The molecule has 0 N–H and O–H groups in total. The van der Waals surface area contributed by atoms with E-state index in [1.54, 1.807) is 0 Å². The van der Waals surface area contributed by atoms with Gasteiger partial charge in [-0.15, -0.1) is 0 Å². The molecule has 78 valence electrons. The predicted molar refractivity (Wildman–Crippen MR) is 61.5 cm³/mol. The second-order valence-electron chi connectivity index (χ2n) is 4.44. The van der Waals surface area contributed by atoms with Gasteiger partial charge in [-0.1, -0.05) is 31.9 Å². The van der Waals surface area contributed by atoms with Crippen molar-refractivity contribution in [3.63, 3.8) is 0 Å². The number of hydrogen-bond donors (Lipinski definition) is 0. The molecule has 0 heterocycles. The molecule has 1 aliphatic carbocycles. The first-order valence-electron chi connectivity index (χ1n) is 5.85. The van der Waals surface area contributed by atoms with Gasteiger partial charge in [-0.25, -0.2) is 0 Å². The predicted octanol–water partition coefficient (Wildman–Crippen LogP) is 3.85. The summed E-state index contributed by atoms with van der Waals surface area (Å²) in [6, 6.07) is 10.3. The monoisotopic (exact) mass is 199 g/mol. The van der Waals surface area contributed by atoms with Gasteiger partial charge in [0.05, 0.1) is 11.6 Å². The zero-order chi connectivity index (χ0) is 10.7. The lowest BCUT2D eigenvalue weighted by molar-refractivity contribution is 0.470. The third-order valence-electron chi connectivity index (χ3n) is 3.65. The molecule has 1 heteroatoms. The maximum Gasteiger partial charge on any atom is 0.0991 e. The van der Waals surface area contributed by atoms with E-state index in [9.17, 15) is 0 Å². The molecule has 1 saturated carbocycles. The fourth-order valence-electron chi connectivity index (χ4n) is 2.77. The van der Waals surface area contributed by atoms with Crippen LogP contribution in [0.25, 0.3) is 0 Å². The molecule has 2 atom stereocenters. The average molecular weight is 199 g/mol. The van der Waals surface area contributed by atoms with Crippen molar-refractivity contribution < 1.29 is 0 Å². The molecule has 0 aliphatic heterocycles. The normalized spacial score (nSPS) is 25.1. The van der Waals surface area contributed by atoms with Crippen LogP contribution in [0.1, 0.15) is 49.7 Å². The summed E-state index contributed by atoms with van der Waals surface area (Å²) in [5, 5.41) is 8.74. The summed E-state index contributed by atoms with van der Waals surface area (Å²) >= 11 is 0. The molecule has 0 radical (unpaired) electrons. The third kappa shape index (κ3) is 2.04. The molecule has 1 fully saturated rings. The zero-order valence-corrected chi connectivity index (χ0v) is 9.24. The van der Waals surface area contributed by atoms with Crippen molar-refractivity contribution in [1.82, 2.24) is 0 Å². The van der Waals surface area contributed by atoms with Crippen LogP contribution >= 0.6 is 0 Å². The van der Waals surface area contributed by atoms with Crippen molar-refractivity contribution in [3.8, 4) is 6.07 Å². The Labute approximate surface area is 91.7 Å². The minimum Gasteiger partial charge on any atom is -0.192 e. The average Bonchev–Trinajstić information content (AvgIpc) is 2.77. The van der Waals surface area contributed by atoms with E-state index in [0.29, 0.717) is 0 Å². The van der Waals surface area contributed by atoms with Gasteiger partial charge in [-0.2, -0.15) is 5.26 Å². The van der Waals surface area contributed by atoms with Gasteiger partial charge in [0.2, 0.25) is 0 Å². The highest BCUT2D eigenvalue weighted by Crippen LogP contribution is 2.41. The summed E-state index contributed by atoms with van der Waals surface area (Å²) in [6.45, 7) is 2.28. The first-order valence-corrected chi connectivity index (χ1v) is 5.85. The van der Waals surface area contributed by atoms with Crippen LogP contribution in [-0.4, -0.2) is 0 Å². The Balaban J connectivity index is 2.19. The fraction of sp³-hybridized carbons (Fsp3) is 0.500. The molecular formula is C14H17N. The molecule has 0 bridgehead atoms. The highest BCUT2D eigenvalue weighted by molar-refractivity contribution is 5.33. The molecular weight excluding hydrogens is 182 g/mol. The van der Waals surface area contributed by atoms with Crippen molar-refractivity contribution >= 4 is 0 Å². The minimum atomic E-state index is 0.739. The summed E-state index contributed by atoms with van der Waals surface area (Å²) in [5.41, 5.74) is 2.20. The van der Waals surface area contributed by atoms with Gasteiger partial charge in [0.25, 0.3) is 0 Å². The third-order valence-corrected chi connectivity index (χ3v) is 3.65. The summed E-state index contributed by atoms with van der Waals surface area (Å²) in [5.74, 6) is 1.60. The van der Waals surface area contributed by atoms with Gasteiger partial charge in [0, 0.05) is 0 Å². The smallest absolute Gasteiger partial charge is 0.0991 e. The molecule has 1 aromatic rings. The Morgan fingerprint density at radius 3 is 2.60 bits per heavy atom. The largest absolute Gasteiger partial charge is 0.192 e. The van der Waals surface area contributed by atoms with E-state index in [-0.39, 0.29) is 0 Å². The lowest BCUT2D eigenvalue weighted by atomic mass is 9.87. The van der Waals surface area contributed by atoms with Crippen LogP contribution in [0.15, 0.2) is 24.3 Å². The van der Waals surface area contributed by atoms with Gasteiger partial charge in [-0.05, 0) is 42.4 Å². The van der Waals surface area contributed by atoms with Crippen molar-refractivity contribution in [2.75, 3.05) is 0 Å². The summed E-state index contributed by atoms with van der Waals surface area (Å²) in [7, 11) is 0. The standard InChI is InChI=1S/C14H17N/c1-2-12-4-3-5-14(12)13-8-6-11(10-15)7-9-13/h6-9,12,14H,2-5H2,1H3. The summed E-state index contributed by atoms with van der Waals surface area (Å²) < 4.78 is 0. The quantitative estimate of drug-likeness (QED) is 0.709. The highest BCUT2D eigenvalue weighted by atomic mass is 14.3. The van der Waals surface area contributed by atoms with Gasteiger partial charge in [-0.3, -0.25) is 0 Å². The van der Waals surface area contributed by atoms with Crippen LogP contribution in [0.5, 0.6) is 0 Å². The second kappa shape index (κ2) is 4.49. The van der Waals surface area contributed by atoms with Crippen molar-refractivity contribution in [1.29, 1.82) is 5.26 Å². The van der Waals surface area contributed by atoms with Crippen LogP contribution in [0.3, 0.4) is 0 Å². The molecule has 1 aromatic carbocycles. The molecule has 2 rings (SSSR count). The van der Waals surface area contributed by atoms with Crippen LogP contribution in [0, 0.1) is 17.2 Å². The van der Waals surface area contributed by atoms with E-state index in [2.05, 4.69) is 25.1 Å². The van der Waals surface area contributed by atoms with Crippen molar-refractivity contribution in [3.05, 3.63) is 35.4 Å². The van der Waals surface area contributed by atoms with E-state index < -0.39 is 0 Å². The van der Waals surface area contributed by atoms with Crippen molar-refractivity contribution in [2.45, 2.75) is 38.5 Å².